The van der Waals surface area contributed by atoms with Gasteiger partial charge in [-0.1, -0.05) is 0 Å². The fourth-order valence-electron chi connectivity index (χ4n) is 3.76. The second-order valence-electron chi connectivity index (χ2n) is 6.24. The maximum absolute atomic E-state index is 4.56. The predicted octanol–water partition coefficient (Wildman–Crippen LogP) is 3.12. The summed E-state index contributed by atoms with van der Waals surface area (Å²) in [5, 5.41) is 8.42. The molecule has 0 atom stereocenters. The maximum Gasteiger partial charge on any atom is 0.138 e. The van der Waals surface area contributed by atoms with E-state index in [9.17, 15) is 0 Å². The fraction of sp³-hybridized carbons (Fsp3) is 0.625. The summed E-state index contributed by atoms with van der Waals surface area (Å²) in [6.45, 7) is 0. The number of thiophene rings is 1. The minimum atomic E-state index is 0.560. The van der Waals surface area contributed by atoms with Crippen molar-refractivity contribution in [1.29, 1.82) is 0 Å². The molecule has 2 aromatic rings. The normalized spacial score (nSPS) is 25.2. The lowest BCUT2D eigenvalue weighted by Gasteiger charge is -2.29. The first-order valence-corrected chi connectivity index (χ1v) is 8.86. The number of rotatable bonds is 3. The minimum absolute atomic E-state index is 0.560. The summed E-state index contributed by atoms with van der Waals surface area (Å²) in [6, 6.07) is 1.25. The largest absolute Gasteiger partial charge is 0.367 e. The topological polar surface area (TPSA) is 49.8 Å². The van der Waals surface area contributed by atoms with Gasteiger partial charge in [0.2, 0.25) is 0 Å². The average molecular weight is 302 g/mol. The summed E-state index contributed by atoms with van der Waals surface area (Å²) in [5.41, 5.74) is 1.52. The Hall–Kier alpha value is -1.20. The van der Waals surface area contributed by atoms with Gasteiger partial charge in [0.15, 0.2) is 0 Å². The van der Waals surface area contributed by atoms with E-state index in [1.807, 2.05) is 11.3 Å². The van der Waals surface area contributed by atoms with E-state index in [1.165, 1.54) is 65.6 Å². The molecule has 0 spiro atoms. The third-order valence-corrected chi connectivity index (χ3v) is 6.18. The van der Waals surface area contributed by atoms with Crippen LogP contribution in [0.25, 0.3) is 10.2 Å². The Bertz CT molecular complexity index is 643. The minimum Gasteiger partial charge on any atom is -0.367 e. The molecule has 0 aromatic carbocycles. The zero-order valence-electron chi connectivity index (χ0n) is 12.5. The Morgan fingerprint density at radius 2 is 1.90 bits per heavy atom. The van der Waals surface area contributed by atoms with Crippen molar-refractivity contribution < 1.29 is 0 Å². The molecule has 4 nitrogen and oxygen atoms in total. The number of anilines is 1. The van der Waals surface area contributed by atoms with E-state index < -0.39 is 0 Å². The number of fused-ring (bicyclic) bond motifs is 3. The number of nitrogens with one attached hydrogen (secondary N) is 2. The van der Waals surface area contributed by atoms with Gasteiger partial charge < -0.3 is 10.6 Å². The smallest absolute Gasteiger partial charge is 0.138 e. The van der Waals surface area contributed by atoms with Crippen molar-refractivity contribution in [3.8, 4) is 0 Å². The summed E-state index contributed by atoms with van der Waals surface area (Å²) >= 11 is 1.87. The van der Waals surface area contributed by atoms with Crippen molar-refractivity contribution in [2.75, 3.05) is 12.4 Å². The van der Waals surface area contributed by atoms with E-state index in [2.05, 4.69) is 27.6 Å². The molecule has 1 saturated carbocycles. The van der Waals surface area contributed by atoms with Gasteiger partial charge in [-0.05, 0) is 57.6 Å². The standard InChI is InChI=1S/C16H22N4S/c1-17-10-5-7-11(8-6-10)20-15-14-12-3-2-4-13(12)21-16(14)19-9-18-15/h9-11,17H,2-8H2,1H3,(H,18,19,20)/t10-,11+. The highest BCUT2D eigenvalue weighted by atomic mass is 32.1. The third kappa shape index (κ3) is 2.42. The highest BCUT2D eigenvalue weighted by molar-refractivity contribution is 7.19. The van der Waals surface area contributed by atoms with E-state index in [-0.39, 0.29) is 0 Å². The molecule has 2 N–H and O–H groups in total. The van der Waals surface area contributed by atoms with Crippen LogP contribution >= 0.6 is 11.3 Å². The van der Waals surface area contributed by atoms with Gasteiger partial charge in [0.05, 0.1) is 5.39 Å². The summed E-state index contributed by atoms with van der Waals surface area (Å²) in [4.78, 5) is 11.7. The second kappa shape index (κ2) is 5.54. The molecule has 2 aliphatic carbocycles. The molecular weight excluding hydrogens is 280 g/mol. The number of hydrogen-bond donors (Lipinski definition) is 2. The van der Waals surface area contributed by atoms with E-state index in [0.717, 1.165) is 5.82 Å². The lowest BCUT2D eigenvalue weighted by atomic mass is 9.91. The zero-order chi connectivity index (χ0) is 14.2. The number of hydrogen-bond acceptors (Lipinski definition) is 5. The highest BCUT2D eigenvalue weighted by Gasteiger charge is 2.24. The molecule has 112 valence electrons. The lowest BCUT2D eigenvalue weighted by molar-refractivity contribution is 0.371. The number of nitrogens with zero attached hydrogens (tertiary/aromatic N) is 2. The van der Waals surface area contributed by atoms with Gasteiger partial charge in [0.25, 0.3) is 0 Å². The Morgan fingerprint density at radius 3 is 2.71 bits per heavy atom. The summed E-state index contributed by atoms with van der Waals surface area (Å²) in [6.07, 6.45) is 10.4. The first-order chi connectivity index (χ1) is 10.3. The molecule has 2 aliphatic rings. The first kappa shape index (κ1) is 13.5. The van der Waals surface area contributed by atoms with E-state index in [4.69, 9.17) is 0 Å². The molecule has 0 radical (unpaired) electrons. The molecule has 0 saturated heterocycles. The van der Waals surface area contributed by atoms with E-state index in [1.54, 1.807) is 6.33 Å². The summed E-state index contributed by atoms with van der Waals surface area (Å²) in [5.74, 6) is 1.08. The predicted molar refractivity (Wildman–Crippen MR) is 88.2 cm³/mol. The van der Waals surface area contributed by atoms with Crippen LogP contribution in [0.5, 0.6) is 0 Å². The molecule has 0 bridgehead atoms. The van der Waals surface area contributed by atoms with Crippen LogP contribution in [0.2, 0.25) is 0 Å². The van der Waals surface area contributed by atoms with Crippen LogP contribution in [0, 0.1) is 0 Å². The SMILES string of the molecule is CN[C@H]1CC[C@@H](Nc2ncnc3sc4c(c23)CCC4)CC1. The van der Waals surface area contributed by atoms with Crippen LogP contribution in [-0.4, -0.2) is 29.1 Å². The molecule has 4 rings (SSSR count). The van der Waals surface area contributed by atoms with Crippen LogP contribution < -0.4 is 10.6 Å². The Kier molecular flexibility index (Phi) is 3.55. The van der Waals surface area contributed by atoms with Crippen molar-refractivity contribution >= 4 is 27.4 Å². The molecule has 21 heavy (non-hydrogen) atoms. The van der Waals surface area contributed by atoms with Gasteiger partial charge in [0, 0.05) is 17.0 Å². The summed E-state index contributed by atoms with van der Waals surface area (Å²) < 4.78 is 0. The van der Waals surface area contributed by atoms with Crippen LogP contribution in [0.15, 0.2) is 6.33 Å². The van der Waals surface area contributed by atoms with Crippen LogP contribution in [0.1, 0.15) is 42.5 Å². The number of aryl methyl sites for hydroxylation is 2. The molecule has 5 heteroatoms. The average Bonchev–Trinajstić information content (AvgIpc) is 3.09. The quantitative estimate of drug-likeness (QED) is 0.914. The van der Waals surface area contributed by atoms with Crippen molar-refractivity contribution in [3.63, 3.8) is 0 Å². The molecule has 2 aromatic heterocycles. The van der Waals surface area contributed by atoms with Crippen LogP contribution in [0.3, 0.4) is 0 Å². The van der Waals surface area contributed by atoms with Gasteiger partial charge in [-0.25, -0.2) is 9.97 Å². The van der Waals surface area contributed by atoms with Crippen LogP contribution in [-0.2, 0) is 12.8 Å². The van der Waals surface area contributed by atoms with Gasteiger partial charge in [0.1, 0.15) is 17.0 Å². The molecule has 2 heterocycles. The Morgan fingerprint density at radius 1 is 1.10 bits per heavy atom. The van der Waals surface area contributed by atoms with Gasteiger partial charge in [-0.15, -0.1) is 11.3 Å². The second-order valence-corrected chi connectivity index (χ2v) is 7.32. The van der Waals surface area contributed by atoms with Crippen LogP contribution in [0.4, 0.5) is 5.82 Å². The zero-order valence-corrected chi connectivity index (χ0v) is 13.3. The van der Waals surface area contributed by atoms with Crippen molar-refractivity contribution in [2.45, 2.75) is 57.0 Å². The van der Waals surface area contributed by atoms with Gasteiger partial charge in [-0.2, -0.15) is 0 Å². The molecular formula is C16H22N4S. The Labute approximate surface area is 129 Å². The maximum atomic E-state index is 4.56. The molecule has 0 aliphatic heterocycles. The molecule has 1 fully saturated rings. The monoisotopic (exact) mass is 302 g/mol. The van der Waals surface area contributed by atoms with Gasteiger partial charge >= 0.3 is 0 Å². The summed E-state index contributed by atoms with van der Waals surface area (Å²) in [7, 11) is 2.07. The van der Waals surface area contributed by atoms with E-state index in [0.29, 0.717) is 12.1 Å². The van der Waals surface area contributed by atoms with Crippen molar-refractivity contribution in [1.82, 2.24) is 15.3 Å². The highest BCUT2D eigenvalue weighted by Crippen LogP contribution is 2.39. The van der Waals surface area contributed by atoms with Crippen molar-refractivity contribution in [3.05, 3.63) is 16.8 Å². The fourth-order valence-corrected chi connectivity index (χ4v) is 4.99. The lowest BCUT2D eigenvalue weighted by Crippen LogP contribution is -2.35. The van der Waals surface area contributed by atoms with Gasteiger partial charge in [-0.3, -0.25) is 0 Å². The molecule has 0 amide bonds. The molecule has 0 unspecified atom stereocenters. The first-order valence-electron chi connectivity index (χ1n) is 8.04. The Balaban J connectivity index is 1.59. The van der Waals surface area contributed by atoms with Crippen molar-refractivity contribution in [2.24, 2.45) is 0 Å². The van der Waals surface area contributed by atoms with E-state index >= 15 is 0 Å². The third-order valence-electron chi connectivity index (χ3n) is 4.98. The number of aromatic nitrogens is 2.